The van der Waals surface area contributed by atoms with Gasteiger partial charge in [-0.2, -0.15) is 0 Å². The highest BCUT2D eigenvalue weighted by molar-refractivity contribution is 9.10. The molecule has 0 aliphatic carbocycles. The molecule has 0 radical (unpaired) electrons. The number of amides is 1. The first-order valence-electron chi connectivity index (χ1n) is 5.86. The molecule has 1 N–H and O–H groups in total. The Morgan fingerprint density at radius 1 is 1.00 bits per heavy atom. The molecule has 0 spiro atoms. The Balaban J connectivity index is 1.86. The van der Waals surface area contributed by atoms with E-state index in [0.717, 1.165) is 10.1 Å². The van der Waals surface area contributed by atoms with Crippen LogP contribution in [0.1, 0.15) is 10.4 Å². The van der Waals surface area contributed by atoms with Crippen molar-refractivity contribution in [1.82, 2.24) is 15.0 Å². The Hall–Kier alpha value is -2.34. The molecular formula is C14H9BrN4O. The summed E-state index contributed by atoms with van der Waals surface area (Å²) in [6.07, 6.45) is 4.81. The standard InChI is InChI=1S/C14H9BrN4O/c15-13-4-2-10(8-18-13)19-14(20)9-1-3-11-12(7-9)17-6-5-16-11/h1-8H,(H,19,20). The van der Waals surface area contributed by atoms with Gasteiger partial charge in [-0.1, -0.05) is 0 Å². The molecule has 0 bridgehead atoms. The number of fused-ring (bicyclic) bond motifs is 1. The summed E-state index contributed by atoms with van der Waals surface area (Å²) in [7, 11) is 0. The number of halogens is 1. The van der Waals surface area contributed by atoms with Crippen LogP contribution in [0, 0.1) is 0 Å². The Kier molecular flexibility index (Phi) is 3.39. The maximum atomic E-state index is 12.1. The van der Waals surface area contributed by atoms with E-state index in [-0.39, 0.29) is 5.91 Å². The van der Waals surface area contributed by atoms with E-state index < -0.39 is 0 Å². The molecule has 3 aromatic rings. The zero-order chi connectivity index (χ0) is 13.9. The average Bonchev–Trinajstić information content (AvgIpc) is 2.49. The second kappa shape index (κ2) is 5.34. The largest absolute Gasteiger partial charge is 0.321 e. The van der Waals surface area contributed by atoms with Gasteiger partial charge < -0.3 is 5.32 Å². The molecule has 3 rings (SSSR count). The summed E-state index contributed by atoms with van der Waals surface area (Å²) in [6, 6.07) is 8.75. The summed E-state index contributed by atoms with van der Waals surface area (Å²) in [5.41, 5.74) is 2.61. The molecule has 0 aliphatic heterocycles. The number of pyridine rings is 1. The summed E-state index contributed by atoms with van der Waals surface area (Å²) >= 11 is 3.24. The number of rotatable bonds is 2. The average molecular weight is 329 g/mol. The maximum absolute atomic E-state index is 12.1. The Morgan fingerprint density at radius 2 is 1.80 bits per heavy atom. The molecule has 5 nitrogen and oxygen atoms in total. The predicted molar refractivity (Wildman–Crippen MR) is 79.4 cm³/mol. The van der Waals surface area contributed by atoms with Crippen molar-refractivity contribution >= 4 is 38.6 Å². The predicted octanol–water partition coefficient (Wildman–Crippen LogP) is 3.04. The molecule has 0 unspecified atom stereocenters. The fourth-order valence-electron chi connectivity index (χ4n) is 1.76. The van der Waals surface area contributed by atoms with Gasteiger partial charge in [0.1, 0.15) is 4.60 Å². The van der Waals surface area contributed by atoms with E-state index in [1.54, 1.807) is 48.9 Å². The number of carbonyl (C=O) groups is 1. The quantitative estimate of drug-likeness (QED) is 0.734. The van der Waals surface area contributed by atoms with Gasteiger partial charge in [0.25, 0.3) is 5.91 Å². The van der Waals surface area contributed by atoms with Crippen molar-refractivity contribution in [3.8, 4) is 0 Å². The highest BCUT2D eigenvalue weighted by Crippen LogP contribution is 2.14. The summed E-state index contributed by atoms with van der Waals surface area (Å²) in [6.45, 7) is 0. The highest BCUT2D eigenvalue weighted by atomic mass is 79.9. The van der Waals surface area contributed by atoms with Gasteiger partial charge in [-0.25, -0.2) is 4.98 Å². The van der Waals surface area contributed by atoms with Gasteiger partial charge in [-0.15, -0.1) is 0 Å². The number of anilines is 1. The van der Waals surface area contributed by atoms with Gasteiger partial charge >= 0.3 is 0 Å². The zero-order valence-electron chi connectivity index (χ0n) is 10.2. The van der Waals surface area contributed by atoms with Crippen LogP contribution in [0.3, 0.4) is 0 Å². The molecule has 2 heterocycles. The van der Waals surface area contributed by atoms with Gasteiger partial charge in [0.15, 0.2) is 0 Å². The number of hydrogen-bond acceptors (Lipinski definition) is 4. The smallest absolute Gasteiger partial charge is 0.255 e. The fourth-order valence-corrected chi connectivity index (χ4v) is 1.99. The summed E-state index contributed by atoms with van der Waals surface area (Å²) in [5, 5.41) is 2.78. The minimum absolute atomic E-state index is 0.207. The van der Waals surface area contributed by atoms with Gasteiger partial charge in [-0.05, 0) is 46.3 Å². The van der Waals surface area contributed by atoms with E-state index >= 15 is 0 Å². The molecule has 6 heteroatoms. The number of benzene rings is 1. The number of hydrogen-bond donors (Lipinski definition) is 1. The second-order valence-corrected chi connectivity index (χ2v) is 4.90. The van der Waals surface area contributed by atoms with Crippen molar-refractivity contribution in [2.75, 3.05) is 5.32 Å². The van der Waals surface area contributed by atoms with Gasteiger partial charge in [0, 0.05) is 18.0 Å². The third kappa shape index (κ3) is 2.65. The van der Waals surface area contributed by atoms with Crippen LogP contribution in [0.25, 0.3) is 11.0 Å². The van der Waals surface area contributed by atoms with E-state index in [1.165, 1.54) is 0 Å². The zero-order valence-corrected chi connectivity index (χ0v) is 11.8. The SMILES string of the molecule is O=C(Nc1ccc(Br)nc1)c1ccc2nccnc2c1. The fraction of sp³-hybridized carbons (Fsp3) is 0. The molecule has 0 atom stereocenters. The highest BCUT2D eigenvalue weighted by Gasteiger charge is 2.07. The lowest BCUT2D eigenvalue weighted by atomic mass is 10.2. The monoisotopic (exact) mass is 328 g/mol. The van der Waals surface area contributed by atoms with Crippen LogP contribution in [-0.2, 0) is 0 Å². The first-order valence-corrected chi connectivity index (χ1v) is 6.65. The van der Waals surface area contributed by atoms with E-state index in [9.17, 15) is 4.79 Å². The van der Waals surface area contributed by atoms with Crippen LogP contribution in [0.2, 0.25) is 0 Å². The first kappa shape index (κ1) is 12.7. The molecule has 2 aromatic heterocycles. The molecular weight excluding hydrogens is 320 g/mol. The summed E-state index contributed by atoms with van der Waals surface area (Å²) < 4.78 is 0.719. The summed E-state index contributed by atoms with van der Waals surface area (Å²) in [4.78, 5) is 24.5. The Morgan fingerprint density at radius 3 is 2.55 bits per heavy atom. The molecule has 98 valence electrons. The number of carbonyl (C=O) groups excluding carboxylic acids is 1. The minimum atomic E-state index is -0.207. The lowest BCUT2D eigenvalue weighted by Crippen LogP contribution is -2.12. The molecule has 20 heavy (non-hydrogen) atoms. The van der Waals surface area contributed by atoms with Crippen LogP contribution in [0.15, 0.2) is 53.5 Å². The van der Waals surface area contributed by atoms with E-state index in [4.69, 9.17) is 0 Å². The van der Waals surface area contributed by atoms with Crippen molar-refractivity contribution in [1.29, 1.82) is 0 Å². The number of aromatic nitrogens is 3. The first-order chi connectivity index (χ1) is 9.72. The van der Waals surface area contributed by atoms with Gasteiger partial charge in [-0.3, -0.25) is 14.8 Å². The van der Waals surface area contributed by atoms with Crippen molar-refractivity contribution < 1.29 is 4.79 Å². The van der Waals surface area contributed by atoms with Crippen LogP contribution in [-0.4, -0.2) is 20.9 Å². The van der Waals surface area contributed by atoms with Gasteiger partial charge in [0.2, 0.25) is 0 Å². The third-order valence-electron chi connectivity index (χ3n) is 2.72. The Bertz CT molecular complexity index is 773. The normalized spacial score (nSPS) is 10.4. The Labute approximate surface area is 123 Å². The van der Waals surface area contributed by atoms with Gasteiger partial charge in [0.05, 0.1) is 22.9 Å². The molecule has 0 fully saturated rings. The van der Waals surface area contributed by atoms with E-state index in [2.05, 4.69) is 36.2 Å². The van der Waals surface area contributed by atoms with Crippen LogP contribution >= 0.6 is 15.9 Å². The molecule has 1 aromatic carbocycles. The lowest BCUT2D eigenvalue weighted by molar-refractivity contribution is 0.102. The number of nitrogens with zero attached hydrogens (tertiary/aromatic N) is 3. The van der Waals surface area contributed by atoms with Crippen molar-refractivity contribution in [3.05, 3.63) is 59.1 Å². The maximum Gasteiger partial charge on any atom is 0.255 e. The van der Waals surface area contributed by atoms with Crippen molar-refractivity contribution in [3.63, 3.8) is 0 Å². The molecule has 1 amide bonds. The topological polar surface area (TPSA) is 67.8 Å². The third-order valence-corrected chi connectivity index (χ3v) is 3.19. The van der Waals surface area contributed by atoms with Crippen molar-refractivity contribution in [2.45, 2.75) is 0 Å². The van der Waals surface area contributed by atoms with Crippen molar-refractivity contribution in [2.24, 2.45) is 0 Å². The number of nitrogens with one attached hydrogen (secondary N) is 1. The van der Waals surface area contributed by atoms with Crippen LogP contribution < -0.4 is 5.32 Å². The molecule has 0 aliphatic rings. The molecule has 0 saturated carbocycles. The van der Waals surface area contributed by atoms with Crippen LogP contribution in [0.5, 0.6) is 0 Å². The molecule has 0 saturated heterocycles. The van der Waals surface area contributed by atoms with E-state index in [1.807, 2.05) is 0 Å². The minimum Gasteiger partial charge on any atom is -0.321 e. The van der Waals surface area contributed by atoms with E-state index in [0.29, 0.717) is 16.8 Å². The second-order valence-electron chi connectivity index (χ2n) is 4.08. The van der Waals surface area contributed by atoms with Crippen LogP contribution in [0.4, 0.5) is 5.69 Å². The lowest BCUT2D eigenvalue weighted by Gasteiger charge is -2.05. The summed E-state index contributed by atoms with van der Waals surface area (Å²) in [5.74, 6) is -0.207.